The number of hydrogen-bond donors (Lipinski definition) is 0. The highest BCUT2D eigenvalue weighted by Crippen LogP contribution is 2.47. The van der Waals surface area contributed by atoms with Gasteiger partial charge in [0.2, 0.25) is 5.71 Å². The summed E-state index contributed by atoms with van der Waals surface area (Å²) in [4.78, 5) is 22.3. The van der Waals surface area contributed by atoms with E-state index in [2.05, 4.69) is 35.9 Å². The molecule has 1 aliphatic heterocycles. The highest BCUT2D eigenvalue weighted by Gasteiger charge is 2.35. The number of halogens is 1. The lowest BCUT2D eigenvalue weighted by molar-refractivity contribution is 0.293. The molecular weight excluding hydrogens is 462 g/mol. The minimum absolute atomic E-state index is 0.128. The maximum Gasteiger partial charge on any atom is 0.362 e. The zero-order valence-electron chi connectivity index (χ0n) is 19.1. The van der Waals surface area contributed by atoms with Crippen molar-refractivity contribution in [3.8, 4) is 5.75 Å². The smallest absolute Gasteiger partial charge is 0.362 e. The fourth-order valence-electron chi connectivity index (χ4n) is 5.28. The molecule has 0 atom stereocenters. The first-order valence-electron chi connectivity index (χ1n) is 11.5. The average Bonchev–Trinajstić information content (AvgIpc) is 3.34. The van der Waals surface area contributed by atoms with Crippen LogP contribution in [0.2, 0.25) is 5.15 Å². The van der Waals surface area contributed by atoms with Crippen LogP contribution in [0, 0.1) is 0 Å². The van der Waals surface area contributed by atoms with Gasteiger partial charge in [-0.3, -0.25) is 0 Å². The Morgan fingerprint density at radius 3 is 2.83 bits per heavy atom. The summed E-state index contributed by atoms with van der Waals surface area (Å²) in [5.41, 5.74) is 3.85. The summed E-state index contributed by atoms with van der Waals surface area (Å²) in [5.74, 6) is 0.815. The van der Waals surface area contributed by atoms with E-state index in [1.807, 2.05) is 47.0 Å². The van der Waals surface area contributed by atoms with Crippen LogP contribution < -0.4 is 10.4 Å². The number of rotatable bonds is 2. The Kier molecular flexibility index (Phi) is 4.13. The van der Waals surface area contributed by atoms with Crippen molar-refractivity contribution >= 4 is 55.4 Å². The molecule has 6 aromatic rings. The second-order valence-electron chi connectivity index (χ2n) is 9.70. The summed E-state index contributed by atoms with van der Waals surface area (Å²) in [6.07, 6.45) is 1.63. The molecule has 0 unspecified atom stereocenters. The molecule has 0 N–H and O–H groups in total. The van der Waals surface area contributed by atoms with Crippen molar-refractivity contribution in [2.24, 2.45) is 0 Å². The van der Waals surface area contributed by atoms with E-state index in [1.54, 1.807) is 6.20 Å². The molecule has 7 rings (SSSR count). The fraction of sp³-hybridized carbons (Fsp3) is 0.179. The third-order valence-electron chi connectivity index (χ3n) is 6.99. The van der Waals surface area contributed by atoms with Crippen LogP contribution in [0.1, 0.15) is 25.0 Å². The third-order valence-corrected chi connectivity index (χ3v) is 7.32. The van der Waals surface area contributed by atoms with Crippen LogP contribution in [0.4, 0.5) is 0 Å². The van der Waals surface area contributed by atoms with Crippen LogP contribution in [0.3, 0.4) is 0 Å². The van der Waals surface area contributed by atoms with Crippen LogP contribution >= 0.6 is 11.6 Å². The summed E-state index contributed by atoms with van der Waals surface area (Å²) < 4.78 is 13.9. The lowest BCUT2D eigenvalue weighted by Gasteiger charge is -2.15. The van der Waals surface area contributed by atoms with Crippen LogP contribution in [-0.4, -0.2) is 21.1 Å². The summed E-state index contributed by atoms with van der Waals surface area (Å²) in [6, 6.07) is 17.8. The van der Waals surface area contributed by atoms with Gasteiger partial charge in [0.15, 0.2) is 0 Å². The molecular formula is C28H20ClN3O3. The fourth-order valence-corrected chi connectivity index (χ4v) is 5.49. The number of benzene rings is 2. The van der Waals surface area contributed by atoms with Crippen LogP contribution in [0.25, 0.3) is 43.8 Å². The minimum Gasteiger partial charge on any atom is -0.492 e. The van der Waals surface area contributed by atoms with E-state index in [1.165, 1.54) is 0 Å². The quantitative estimate of drug-likeness (QED) is 0.275. The zero-order valence-corrected chi connectivity index (χ0v) is 19.9. The van der Waals surface area contributed by atoms with Crippen molar-refractivity contribution in [3.05, 3.63) is 87.5 Å². The number of nitrogens with zero attached hydrogens (tertiary/aromatic N) is 3. The monoisotopic (exact) mass is 481 g/mol. The average molecular weight is 482 g/mol. The van der Waals surface area contributed by atoms with Crippen LogP contribution in [-0.2, 0) is 12.0 Å². The number of pyridine rings is 2. The first-order chi connectivity index (χ1) is 16.9. The van der Waals surface area contributed by atoms with Crippen molar-refractivity contribution in [1.29, 1.82) is 0 Å². The van der Waals surface area contributed by atoms with E-state index in [-0.39, 0.29) is 5.41 Å². The molecule has 4 aromatic heterocycles. The molecule has 35 heavy (non-hydrogen) atoms. The Morgan fingerprint density at radius 1 is 1.09 bits per heavy atom. The van der Waals surface area contributed by atoms with Gasteiger partial charge < -0.3 is 13.7 Å². The molecule has 0 saturated heterocycles. The molecule has 0 fully saturated rings. The normalized spacial score (nSPS) is 14.7. The number of hydrogen-bond acceptors (Lipinski definition) is 5. The largest absolute Gasteiger partial charge is 0.492 e. The third kappa shape index (κ3) is 2.86. The lowest BCUT2D eigenvalue weighted by atomic mass is 9.86. The molecule has 0 amide bonds. The van der Waals surface area contributed by atoms with E-state index in [0.717, 1.165) is 49.5 Å². The SMILES string of the molecule is CC1(C)COc2c1ccc1c2c2c3cccnc3oc(=O)c2n1Cc1cc2ccccc2nc1Cl. The Bertz CT molecular complexity index is 1900. The molecule has 6 nitrogen and oxygen atoms in total. The van der Waals surface area contributed by atoms with E-state index in [9.17, 15) is 4.79 Å². The van der Waals surface area contributed by atoms with E-state index in [4.69, 9.17) is 20.8 Å². The van der Waals surface area contributed by atoms with Gasteiger partial charge in [-0.05, 0) is 30.3 Å². The van der Waals surface area contributed by atoms with Gasteiger partial charge in [0.05, 0.1) is 29.6 Å². The zero-order chi connectivity index (χ0) is 23.9. The highest BCUT2D eigenvalue weighted by molar-refractivity contribution is 6.30. The summed E-state index contributed by atoms with van der Waals surface area (Å²) in [7, 11) is 0. The molecule has 172 valence electrons. The Hall–Kier alpha value is -3.90. The maximum atomic E-state index is 13.4. The molecule has 0 spiro atoms. The molecule has 0 radical (unpaired) electrons. The van der Waals surface area contributed by atoms with Crippen molar-refractivity contribution in [2.75, 3.05) is 6.61 Å². The van der Waals surface area contributed by atoms with Crippen LogP contribution in [0.5, 0.6) is 5.75 Å². The van der Waals surface area contributed by atoms with Gasteiger partial charge in [0, 0.05) is 38.9 Å². The molecule has 7 heteroatoms. The second-order valence-corrected chi connectivity index (χ2v) is 10.1. The Balaban J connectivity index is 1.61. The first kappa shape index (κ1) is 20.5. The molecule has 0 saturated carbocycles. The molecule has 1 aliphatic rings. The molecule has 2 aromatic carbocycles. The van der Waals surface area contributed by atoms with Gasteiger partial charge >= 0.3 is 5.63 Å². The van der Waals surface area contributed by atoms with Gasteiger partial charge in [-0.1, -0.05) is 49.7 Å². The number of ether oxygens (including phenoxy) is 1. The highest BCUT2D eigenvalue weighted by atomic mass is 35.5. The van der Waals surface area contributed by atoms with E-state index >= 15 is 0 Å². The van der Waals surface area contributed by atoms with Gasteiger partial charge in [-0.15, -0.1) is 0 Å². The topological polar surface area (TPSA) is 70.2 Å². The maximum absolute atomic E-state index is 13.4. The molecule has 0 aliphatic carbocycles. The van der Waals surface area contributed by atoms with Crippen molar-refractivity contribution in [1.82, 2.24) is 14.5 Å². The Labute approximate surface area is 204 Å². The standard InChI is InChI=1S/C28H20ClN3O3/c1-28(2)14-34-24-18(28)9-10-20-22(24)21-17-7-5-11-30-26(17)35-27(33)23(21)32(20)13-16-12-15-6-3-4-8-19(15)31-25(16)29/h3-12H,13-14H2,1-2H3. The predicted octanol–water partition coefficient (Wildman–Crippen LogP) is 6.22. The lowest BCUT2D eigenvalue weighted by Crippen LogP contribution is -2.18. The Morgan fingerprint density at radius 2 is 1.94 bits per heavy atom. The van der Waals surface area contributed by atoms with Crippen molar-refractivity contribution < 1.29 is 9.15 Å². The summed E-state index contributed by atoms with van der Waals surface area (Å²) in [6.45, 7) is 5.26. The number of aromatic nitrogens is 3. The first-order valence-corrected chi connectivity index (χ1v) is 11.8. The molecule has 5 heterocycles. The number of fused-ring (bicyclic) bond motifs is 8. The van der Waals surface area contributed by atoms with E-state index in [0.29, 0.717) is 29.5 Å². The molecule has 0 bridgehead atoms. The summed E-state index contributed by atoms with van der Waals surface area (Å²) >= 11 is 6.63. The number of para-hydroxylation sites is 1. The van der Waals surface area contributed by atoms with Crippen molar-refractivity contribution in [2.45, 2.75) is 25.8 Å². The van der Waals surface area contributed by atoms with Crippen LogP contribution in [0.15, 0.2) is 70.0 Å². The van der Waals surface area contributed by atoms with E-state index < -0.39 is 5.63 Å². The summed E-state index contributed by atoms with van der Waals surface area (Å²) in [5, 5.41) is 3.86. The predicted molar refractivity (Wildman–Crippen MR) is 138 cm³/mol. The van der Waals surface area contributed by atoms with Gasteiger partial charge in [-0.25, -0.2) is 14.8 Å². The van der Waals surface area contributed by atoms with Gasteiger partial charge in [-0.2, -0.15) is 0 Å². The van der Waals surface area contributed by atoms with Gasteiger partial charge in [0.1, 0.15) is 16.4 Å². The minimum atomic E-state index is -0.446. The second kappa shape index (κ2) is 7.06. The van der Waals surface area contributed by atoms with Crippen molar-refractivity contribution in [3.63, 3.8) is 0 Å². The van der Waals surface area contributed by atoms with Gasteiger partial charge in [0.25, 0.3) is 0 Å².